The quantitative estimate of drug-likeness (QED) is 0.644. The van der Waals surface area contributed by atoms with Gasteiger partial charge < -0.3 is 5.11 Å². The van der Waals surface area contributed by atoms with E-state index in [1.807, 2.05) is 0 Å². The molecule has 0 amide bonds. The number of aromatic hydroxyl groups is 1. The minimum absolute atomic E-state index is 0.00130. The molecule has 1 N–H and O–H groups in total. The van der Waals surface area contributed by atoms with Gasteiger partial charge in [-0.3, -0.25) is 4.98 Å². The molecule has 0 aliphatic heterocycles. The number of hydrogen-bond donors (Lipinski definition) is 1. The van der Waals surface area contributed by atoms with Gasteiger partial charge in [0.1, 0.15) is 5.75 Å². The summed E-state index contributed by atoms with van der Waals surface area (Å²) in [4.78, 5) is 3.81. The Labute approximate surface area is 74.7 Å². The van der Waals surface area contributed by atoms with E-state index >= 15 is 0 Å². The van der Waals surface area contributed by atoms with Gasteiger partial charge in [-0.2, -0.15) is 0 Å². The molecule has 1 aromatic heterocycles. The predicted molar refractivity (Wildman–Crippen MR) is 48.1 cm³/mol. The summed E-state index contributed by atoms with van der Waals surface area (Å²) in [5.74, 6) is -0.00130. The van der Waals surface area contributed by atoms with E-state index in [4.69, 9.17) is 4.11 Å². The van der Waals surface area contributed by atoms with Gasteiger partial charge >= 0.3 is 0 Å². The molecule has 1 aromatic carbocycles. The maximum absolute atomic E-state index is 9.52. The van der Waals surface area contributed by atoms with Crippen molar-refractivity contribution in [1.82, 2.24) is 4.98 Å². The van der Waals surface area contributed by atoms with Gasteiger partial charge in [0.05, 0.1) is 6.20 Å². The van der Waals surface area contributed by atoms with E-state index in [0.717, 1.165) is 5.39 Å². The van der Waals surface area contributed by atoms with Crippen LogP contribution in [0.15, 0.2) is 30.6 Å². The summed E-state index contributed by atoms with van der Waals surface area (Å²) in [5, 5.41) is 10.8. The van der Waals surface area contributed by atoms with E-state index < -0.39 is 6.85 Å². The van der Waals surface area contributed by atoms with Crippen molar-refractivity contribution < 1.29 is 9.22 Å². The fourth-order valence-corrected chi connectivity index (χ4v) is 1.15. The number of fused-ring (bicyclic) bond motifs is 1. The van der Waals surface area contributed by atoms with Crippen molar-refractivity contribution in [1.29, 1.82) is 0 Å². The van der Waals surface area contributed by atoms with Crippen LogP contribution in [0.1, 0.15) is 9.68 Å². The van der Waals surface area contributed by atoms with Crippen LogP contribution in [0.4, 0.5) is 0 Å². The molecule has 2 heteroatoms. The Morgan fingerprint density at radius 1 is 1.42 bits per heavy atom. The highest BCUT2D eigenvalue weighted by Gasteiger charge is 1.98. The van der Waals surface area contributed by atoms with E-state index in [9.17, 15) is 5.11 Å². The van der Waals surface area contributed by atoms with Gasteiger partial charge in [-0.25, -0.2) is 0 Å². The molecule has 0 atom stereocenters. The molecule has 2 rings (SSSR count). The topological polar surface area (TPSA) is 33.1 Å². The zero-order chi connectivity index (χ0) is 11.1. The molecule has 0 saturated carbocycles. The lowest BCUT2D eigenvalue weighted by molar-refractivity contribution is 0.479. The molecular weight excluding hydrogens is 150 g/mol. The van der Waals surface area contributed by atoms with Crippen molar-refractivity contribution in [3.8, 4) is 5.75 Å². The van der Waals surface area contributed by atoms with E-state index in [0.29, 0.717) is 5.39 Å². The van der Waals surface area contributed by atoms with Crippen LogP contribution in [0.25, 0.3) is 10.8 Å². The number of nitrogens with zero attached hydrogens (tertiary/aromatic N) is 1. The first-order valence-electron chi connectivity index (χ1n) is 5.06. The first-order valence-corrected chi connectivity index (χ1v) is 3.56. The summed E-state index contributed by atoms with van der Waals surface area (Å²) in [6.45, 7) is -2.15. The third-order valence-corrected chi connectivity index (χ3v) is 1.74. The Hall–Kier alpha value is -1.57. The minimum Gasteiger partial charge on any atom is -0.506 e. The van der Waals surface area contributed by atoms with Crippen LogP contribution in [0.5, 0.6) is 5.75 Å². The molecule has 12 heavy (non-hydrogen) atoms. The highest BCUT2D eigenvalue weighted by atomic mass is 16.3. The van der Waals surface area contributed by atoms with E-state index in [1.54, 1.807) is 12.3 Å². The van der Waals surface area contributed by atoms with Gasteiger partial charge in [-0.15, -0.1) is 0 Å². The predicted octanol–water partition coefficient (Wildman–Crippen LogP) is 2.25. The summed E-state index contributed by atoms with van der Waals surface area (Å²) < 4.78 is 21.8. The summed E-state index contributed by atoms with van der Waals surface area (Å²) in [5.41, 5.74) is 0.219. The van der Waals surface area contributed by atoms with Gasteiger partial charge in [0.25, 0.3) is 0 Å². The molecule has 0 bridgehead atoms. The second kappa shape index (κ2) is 2.48. The number of aryl methyl sites for hydroxylation is 1. The third kappa shape index (κ3) is 1.01. The third-order valence-electron chi connectivity index (χ3n) is 1.74. The maximum Gasteiger partial charge on any atom is 0.141 e. The second-order valence-electron chi connectivity index (χ2n) is 2.59. The summed E-state index contributed by atoms with van der Waals surface area (Å²) in [7, 11) is 0. The number of benzene rings is 1. The number of rotatable bonds is 0. The number of pyridine rings is 1. The molecule has 2 nitrogen and oxygen atoms in total. The standard InChI is InChI=1S/C10H9NO/c1-7-2-3-8-5-11-6-10(12)9(8)4-7/h2-6,12H,1H3/i1D3. The highest BCUT2D eigenvalue weighted by Crippen LogP contribution is 2.23. The molecule has 0 aliphatic carbocycles. The Kier molecular flexibility index (Phi) is 0.921. The normalized spacial score (nSPS) is 15.2. The Morgan fingerprint density at radius 2 is 2.33 bits per heavy atom. The average molecular weight is 162 g/mol. The molecule has 0 saturated heterocycles. The first kappa shape index (κ1) is 4.45. The van der Waals surface area contributed by atoms with Gasteiger partial charge in [-0.1, -0.05) is 17.7 Å². The van der Waals surface area contributed by atoms with Crippen LogP contribution < -0.4 is 0 Å². The van der Waals surface area contributed by atoms with Crippen LogP contribution in [0.3, 0.4) is 0 Å². The monoisotopic (exact) mass is 162 g/mol. The summed E-state index contributed by atoms with van der Waals surface area (Å²) in [6.07, 6.45) is 2.88. The minimum atomic E-state index is -2.15. The molecular formula is C10H9NO. The highest BCUT2D eigenvalue weighted by molar-refractivity contribution is 5.87. The molecule has 1 heterocycles. The summed E-state index contributed by atoms with van der Waals surface area (Å²) in [6, 6.07) is 4.64. The Morgan fingerprint density at radius 3 is 3.17 bits per heavy atom. The van der Waals surface area contributed by atoms with E-state index in [-0.39, 0.29) is 11.3 Å². The van der Waals surface area contributed by atoms with Crippen LogP contribution in [0.2, 0.25) is 0 Å². The van der Waals surface area contributed by atoms with E-state index in [1.165, 1.54) is 18.3 Å². The van der Waals surface area contributed by atoms with Crippen molar-refractivity contribution in [3.63, 3.8) is 0 Å². The number of hydrogen-bond acceptors (Lipinski definition) is 2. The molecule has 0 unspecified atom stereocenters. The van der Waals surface area contributed by atoms with Crippen LogP contribution >= 0.6 is 0 Å². The zero-order valence-electron chi connectivity index (χ0n) is 9.28. The second-order valence-corrected chi connectivity index (χ2v) is 2.59. The molecule has 60 valence electrons. The smallest absolute Gasteiger partial charge is 0.141 e. The fourth-order valence-electron chi connectivity index (χ4n) is 1.15. The molecule has 0 spiro atoms. The first-order chi connectivity index (χ1) is 6.98. The van der Waals surface area contributed by atoms with Crippen LogP contribution in [-0.2, 0) is 0 Å². The van der Waals surface area contributed by atoms with Crippen molar-refractivity contribution >= 4 is 10.8 Å². The summed E-state index contributed by atoms with van der Waals surface area (Å²) >= 11 is 0. The lowest BCUT2D eigenvalue weighted by Crippen LogP contribution is -1.78. The fraction of sp³-hybridized carbons (Fsp3) is 0.100. The number of aromatic nitrogens is 1. The van der Waals surface area contributed by atoms with Crippen molar-refractivity contribution in [3.05, 3.63) is 36.2 Å². The van der Waals surface area contributed by atoms with Gasteiger partial charge in [0, 0.05) is 21.1 Å². The van der Waals surface area contributed by atoms with Gasteiger partial charge in [0.15, 0.2) is 0 Å². The molecule has 0 radical (unpaired) electrons. The Bertz CT molecular complexity index is 507. The van der Waals surface area contributed by atoms with Crippen molar-refractivity contribution in [2.45, 2.75) is 6.85 Å². The maximum atomic E-state index is 9.52. The van der Waals surface area contributed by atoms with Crippen molar-refractivity contribution in [2.75, 3.05) is 0 Å². The van der Waals surface area contributed by atoms with Gasteiger partial charge in [0.2, 0.25) is 0 Å². The van der Waals surface area contributed by atoms with Crippen LogP contribution in [0, 0.1) is 6.85 Å². The van der Waals surface area contributed by atoms with Gasteiger partial charge in [-0.05, 0) is 12.9 Å². The van der Waals surface area contributed by atoms with Crippen molar-refractivity contribution in [2.24, 2.45) is 0 Å². The lowest BCUT2D eigenvalue weighted by atomic mass is 10.1. The van der Waals surface area contributed by atoms with Crippen LogP contribution in [-0.4, -0.2) is 10.1 Å². The molecule has 0 aliphatic rings. The average Bonchev–Trinajstić information content (AvgIpc) is 2.16. The lowest BCUT2D eigenvalue weighted by Gasteiger charge is -2.00. The SMILES string of the molecule is [2H]C([2H])([2H])c1ccc2cncc(O)c2c1. The largest absolute Gasteiger partial charge is 0.506 e. The zero-order valence-corrected chi connectivity index (χ0v) is 6.28. The molecule has 0 fully saturated rings. The molecule has 2 aromatic rings. The van der Waals surface area contributed by atoms with E-state index in [2.05, 4.69) is 4.98 Å². The Balaban J connectivity index is 2.70.